The second-order valence-electron chi connectivity index (χ2n) is 3.96. The summed E-state index contributed by atoms with van der Waals surface area (Å²) >= 11 is 0. The molecule has 0 saturated heterocycles. The summed E-state index contributed by atoms with van der Waals surface area (Å²) in [6, 6.07) is 5.19. The van der Waals surface area contributed by atoms with Gasteiger partial charge in [0.2, 0.25) is 0 Å². The van der Waals surface area contributed by atoms with E-state index in [1.165, 1.54) is 0 Å². The third-order valence-electron chi connectivity index (χ3n) is 2.46. The molecule has 1 rings (SSSR count). The predicted molar refractivity (Wildman–Crippen MR) is 60.2 cm³/mol. The van der Waals surface area contributed by atoms with Crippen LogP contribution in [0.1, 0.15) is 24.1 Å². The van der Waals surface area contributed by atoms with Crippen molar-refractivity contribution in [2.45, 2.75) is 26.1 Å². The minimum absolute atomic E-state index is 0.0566. The van der Waals surface area contributed by atoms with Crippen LogP contribution in [0.2, 0.25) is 0 Å². The van der Waals surface area contributed by atoms with Crippen molar-refractivity contribution in [3.63, 3.8) is 0 Å². The smallest absolute Gasteiger partial charge is 0.422 e. The van der Waals surface area contributed by atoms with Crippen LogP contribution >= 0.6 is 0 Å². The van der Waals surface area contributed by atoms with Crippen molar-refractivity contribution in [2.24, 2.45) is 0 Å². The van der Waals surface area contributed by atoms with Crippen LogP contribution in [-0.2, 0) is 0 Å². The lowest BCUT2D eigenvalue weighted by atomic mass is 10.1. The van der Waals surface area contributed by atoms with Gasteiger partial charge in [-0.3, -0.25) is 0 Å². The molecular weight excluding hydrogens is 231 g/mol. The Kier molecular flexibility index (Phi) is 4.40. The first kappa shape index (κ1) is 13.8. The fourth-order valence-corrected chi connectivity index (χ4v) is 1.44. The first-order chi connectivity index (χ1) is 7.83. The summed E-state index contributed by atoms with van der Waals surface area (Å²) in [4.78, 5) is 0. The van der Waals surface area contributed by atoms with Gasteiger partial charge in [0.25, 0.3) is 0 Å². The molecule has 0 heterocycles. The molecular formula is C12H16F3NO. The van der Waals surface area contributed by atoms with Crippen LogP contribution in [0.5, 0.6) is 5.75 Å². The predicted octanol–water partition coefficient (Wildman–Crippen LogP) is 3.22. The maximum atomic E-state index is 12.1. The van der Waals surface area contributed by atoms with E-state index < -0.39 is 12.8 Å². The van der Waals surface area contributed by atoms with Gasteiger partial charge in [-0.2, -0.15) is 13.2 Å². The normalized spacial score (nSPS) is 13.5. The highest BCUT2D eigenvalue weighted by Crippen LogP contribution is 2.28. The lowest BCUT2D eigenvalue weighted by molar-refractivity contribution is -0.153. The van der Waals surface area contributed by atoms with Gasteiger partial charge in [0.05, 0.1) is 0 Å². The van der Waals surface area contributed by atoms with Gasteiger partial charge >= 0.3 is 6.18 Å². The Hall–Kier alpha value is -1.23. The molecule has 0 aliphatic heterocycles. The molecule has 0 aliphatic rings. The highest BCUT2D eigenvalue weighted by atomic mass is 19.4. The molecule has 1 aromatic rings. The fraction of sp³-hybridized carbons (Fsp3) is 0.500. The molecule has 96 valence electrons. The van der Waals surface area contributed by atoms with Gasteiger partial charge in [-0.05, 0) is 32.5 Å². The molecule has 1 unspecified atom stereocenters. The van der Waals surface area contributed by atoms with Gasteiger partial charge in [0.15, 0.2) is 6.61 Å². The summed E-state index contributed by atoms with van der Waals surface area (Å²) in [6.45, 7) is 2.42. The molecule has 0 radical (unpaired) electrons. The molecule has 0 fully saturated rings. The summed E-state index contributed by atoms with van der Waals surface area (Å²) in [7, 11) is 1.75. The van der Waals surface area contributed by atoms with Crippen LogP contribution in [0.4, 0.5) is 13.2 Å². The van der Waals surface area contributed by atoms with Crippen molar-refractivity contribution in [2.75, 3.05) is 13.7 Å². The molecule has 17 heavy (non-hydrogen) atoms. The van der Waals surface area contributed by atoms with E-state index >= 15 is 0 Å². The Balaban J connectivity index is 2.91. The zero-order valence-electron chi connectivity index (χ0n) is 10.1. The average Bonchev–Trinajstić information content (AvgIpc) is 2.24. The van der Waals surface area contributed by atoms with Crippen molar-refractivity contribution in [3.8, 4) is 5.75 Å². The Morgan fingerprint density at radius 2 is 2.00 bits per heavy atom. The third kappa shape index (κ3) is 4.26. The van der Waals surface area contributed by atoms with E-state index in [2.05, 4.69) is 5.32 Å². The Bertz CT molecular complexity index is 377. The Morgan fingerprint density at radius 1 is 1.35 bits per heavy atom. The van der Waals surface area contributed by atoms with E-state index in [1.54, 1.807) is 19.2 Å². The van der Waals surface area contributed by atoms with Crippen molar-refractivity contribution in [1.29, 1.82) is 0 Å². The monoisotopic (exact) mass is 247 g/mol. The molecule has 0 amide bonds. The van der Waals surface area contributed by atoms with Gasteiger partial charge in [0, 0.05) is 11.6 Å². The Morgan fingerprint density at radius 3 is 2.53 bits per heavy atom. The van der Waals surface area contributed by atoms with Gasteiger partial charge in [-0.1, -0.05) is 12.1 Å². The number of aryl methyl sites for hydroxylation is 1. The topological polar surface area (TPSA) is 21.3 Å². The number of alkyl halides is 3. The number of hydrogen-bond acceptors (Lipinski definition) is 2. The fourth-order valence-electron chi connectivity index (χ4n) is 1.44. The van der Waals surface area contributed by atoms with E-state index in [-0.39, 0.29) is 11.8 Å². The molecule has 1 aromatic carbocycles. The van der Waals surface area contributed by atoms with Gasteiger partial charge < -0.3 is 10.1 Å². The van der Waals surface area contributed by atoms with Crippen LogP contribution in [0.25, 0.3) is 0 Å². The number of halogens is 3. The van der Waals surface area contributed by atoms with E-state index in [9.17, 15) is 13.2 Å². The zero-order chi connectivity index (χ0) is 13.1. The maximum Gasteiger partial charge on any atom is 0.422 e. The number of hydrogen-bond donors (Lipinski definition) is 1. The number of ether oxygens (including phenoxy) is 1. The minimum Gasteiger partial charge on any atom is -0.484 e. The molecule has 2 nitrogen and oxygen atoms in total. The van der Waals surface area contributed by atoms with Crippen LogP contribution in [-0.4, -0.2) is 19.8 Å². The van der Waals surface area contributed by atoms with Gasteiger partial charge in [-0.25, -0.2) is 0 Å². The van der Waals surface area contributed by atoms with Crippen molar-refractivity contribution in [3.05, 3.63) is 29.3 Å². The molecule has 0 spiro atoms. The molecule has 0 saturated carbocycles. The SMILES string of the molecule is CNC(C)c1ccc(C)cc1OCC(F)(F)F. The molecule has 1 N–H and O–H groups in total. The quantitative estimate of drug-likeness (QED) is 0.882. The average molecular weight is 247 g/mol. The highest BCUT2D eigenvalue weighted by molar-refractivity contribution is 5.39. The van der Waals surface area contributed by atoms with Crippen molar-refractivity contribution in [1.82, 2.24) is 5.32 Å². The molecule has 1 atom stereocenters. The summed E-state index contributed by atoms with van der Waals surface area (Å²) in [5.74, 6) is 0.282. The van der Waals surface area contributed by atoms with E-state index in [0.717, 1.165) is 11.1 Å². The van der Waals surface area contributed by atoms with Crippen LogP contribution in [0.15, 0.2) is 18.2 Å². The number of nitrogens with one attached hydrogen (secondary N) is 1. The number of benzene rings is 1. The summed E-state index contributed by atoms with van der Waals surface area (Å²) in [5.41, 5.74) is 1.59. The summed E-state index contributed by atoms with van der Waals surface area (Å²) < 4.78 is 41.2. The van der Waals surface area contributed by atoms with Gasteiger partial charge in [-0.15, -0.1) is 0 Å². The van der Waals surface area contributed by atoms with Crippen LogP contribution in [0.3, 0.4) is 0 Å². The first-order valence-corrected chi connectivity index (χ1v) is 5.31. The second-order valence-corrected chi connectivity index (χ2v) is 3.96. The third-order valence-corrected chi connectivity index (χ3v) is 2.46. The molecule has 0 aromatic heterocycles. The van der Waals surface area contributed by atoms with E-state index in [0.29, 0.717) is 0 Å². The van der Waals surface area contributed by atoms with Crippen LogP contribution in [0, 0.1) is 6.92 Å². The lowest BCUT2D eigenvalue weighted by Gasteiger charge is -2.18. The second kappa shape index (κ2) is 5.40. The van der Waals surface area contributed by atoms with Gasteiger partial charge in [0.1, 0.15) is 5.75 Å². The largest absolute Gasteiger partial charge is 0.484 e. The first-order valence-electron chi connectivity index (χ1n) is 5.31. The van der Waals surface area contributed by atoms with Crippen molar-refractivity contribution < 1.29 is 17.9 Å². The van der Waals surface area contributed by atoms with Crippen molar-refractivity contribution >= 4 is 0 Å². The molecule has 0 bridgehead atoms. The maximum absolute atomic E-state index is 12.1. The number of rotatable bonds is 4. The molecule has 0 aliphatic carbocycles. The standard InChI is InChI=1S/C12H16F3NO/c1-8-4-5-10(9(2)16-3)11(6-8)17-7-12(13,14)15/h4-6,9,16H,7H2,1-3H3. The van der Waals surface area contributed by atoms with E-state index in [4.69, 9.17) is 4.74 Å². The lowest BCUT2D eigenvalue weighted by Crippen LogP contribution is -2.21. The Labute approximate surface area is 98.8 Å². The minimum atomic E-state index is -4.32. The molecule has 5 heteroatoms. The van der Waals surface area contributed by atoms with E-state index in [1.807, 2.05) is 19.9 Å². The van der Waals surface area contributed by atoms with Crippen LogP contribution < -0.4 is 10.1 Å². The summed E-state index contributed by atoms with van der Waals surface area (Å²) in [6.07, 6.45) is -4.32. The highest BCUT2D eigenvalue weighted by Gasteiger charge is 2.29. The summed E-state index contributed by atoms with van der Waals surface area (Å²) in [5, 5.41) is 2.98. The zero-order valence-corrected chi connectivity index (χ0v) is 10.1.